The molecule has 1 aromatic rings. The average Bonchev–Trinajstić information content (AvgIpc) is 3.03. The van der Waals surface area contributed by atoms with E-state index in [2.05, 4.69) is 5.32 Å². The van der Waals surface area contributed by atoms with Crippen LogP contribution in [-0.4, -0.2) is 13.1 Å². The van der Waals surface area contributed by atoms with E-state index in [0.717, 1.165) is 25.1 Å². The van der Waals surface area contributed by atoms with Gasteiger partial charge in [-0.05, 0) is 54.8 Å². The fourth-order valence-corrected chi connectivity index (χ4v) is 3.19. The van der Waals surface area contributed by atoms with Crippen LogP contribution < -0.4 is 5.32 Å². The minimum atomic E-state index is -4.23. The molecule has 18 heavy (non-hydrogen) atoms. The smallest absolute Gasteiger partial charge is 0.316 e. The third kappa shape index (κ3) is 2.03. The van der Waals surface area contributed by atoms with E-state index in [1.165, 1.54) is 25.0 Å². The normalized spacial score (nSPS) is 31.6. The Morgan fingerprint density at radius 3 is 2.44 bits per heavy atom. The van der Waals surface area contributed by atoms with Crippen molar-refractivity contribution >= 4 is 0 Å². The fraction of sp³-hybridized carbons (Fsp3) is 0.571. The lowest BCUT2D eigenvalue weighted by molar-refractivity contribution is -0.137. The molecular formula is C14H16F3N. The lowest BCUT2D eigenvalue weighted by Crippen LogP contribution is -2.31. The van der Waals surface area contributed by atoms with Crippen molar-refractivity contribution in [3.63, 3.8) is 0 Å². The van der Waals surface area contributed by atoms with Crippen LogP contribution in [0.1, 0.15) is 36.3 Å². The van der Waals surface area contributed by atoms with Crippen LogP contribution in [0.15, 0.2) is 24.3 Å². The maximum Gasteiger partial charge on any atom is 0.416 e. The van der Waals surface area contributed by atoms with Gasteiger partial charge in [-0.15, -0.1) is 0 Å². The molecule has 1 saturated carbocycles. The van der Waals surface area contributed by atoms with Crippen molar-refractivity contribution in [1.29, 1.82) is 0 Å². The van der Waals surface area contributed by atoms with Crippen LogP contribution in [0.2, 0.25) is 0 Å². The molecule has 1 aliphatic heterocycles. The minimum absolute atomic E-state index is 0.331. The van der Waals surface area contributed by atoms with Gasteiger partial charge in [-0.2, -0.15) is 13.2 Å². The predicted molar refractivity (Wildman–Crippen MR) is 63.3 cm³/mol. The van der Waals surface area contributed by atoms with Gasteiger partial charge in [0.2, 0.25) is 0 Å². The Morgan fingerprint density at radius 2 is 1.89 bits per heavy atom. The van der Waals surface area contributed by atoms with Crippen molar-refractivity contribution in [2.45, 2.75) is 31.4 Å². The number of hydrogen-bond acceptors (Lipinski definition) is 1. The number of rotatable bonds is 1. The first-order chi connectivity index (χ1) is 8.51. The molecule has 2 aliphatic rings. The number of benzene rings is 1. The molecule has 1 aromatic carbocycles. The lowest BCUT2D eigenvalue weighted by atomic mass is 9.91. The second kappa shape index (κ2) is 3.98. The molecular weight excluding hydrogens is 239 g/mol. The molecule has 98 valence electrons. The summed E-state index contributed by atoms with van der Waals surface area (Å²) >= 11 is 0. The summed E-state index contributed by atoms with van der Waals surface area (Å²) in [6.07, 6.45) is -0.736. The van der Waals surface area contributed by atoms with Gasteiger partial charge < -0.3 is 5.32 Å². The molecule has 2 fully saturated rings. The first-order valence-corrected chi connectivity index (χ1v) is 6.39. The van der Waals surface area contributed by atoms with E-state index >= 15 is 0 Å². The quantitative estimate of drug-likeness (QED) is 0.809. The molecule has 1 unspecified atom stereocenters. The van der Waals surface area contributed by atoms with Gasteiger partial charge >= 0.3 is 6.18 Å². The van der Waals surface area contributed by atoms with Crippen molar-refractivity contribution in [3.8, 4) is 0 Å². The van der Waals surface area contributed by atoms with Gasteiger partial charge in [0.15, 0.2) is 0 Å². The Labute approximate surface area is 104 Å². The van der Waals surface area contributed by atoms with Crippen LogP contribution in [-0.2, 0) is 6.18 Å². The van der Waals surface area contributed by atoms with Gasteiger partial charge in [-0.1, -0.05) is 12.1 Å². The number of piperidine rings is 1. The van der Waals surface area contributed by atoms with E-state index in [-0.39, 0.29) is 0 Å². The summed E-state index contributed by atoms with van der Waals surface area (Å²) in [6, 6.07) is 5.71. The van der Waals surface area contributed by atoms with Crippen LogP contribution in [0.4, 0.5) is 13.2 Å². The molecule has 0 aromatic heterocycles. The molecule has 2 atom stereocenters. The zero-order valence-corrected chi connectivity index (χ0v) is 10.1. The Balaban J connectivity index is 1.75. The number of alkyl halides is 3. The zero-order chi connectivity index (χ0) is 12.8. The molecule has 3 rings (SSSR count). The second-order valence-corrected chi connectivity index (χ2v) is 5.52. The standard InChI is InChI=1S/C14H16F3N/c15-14(16,17)11-4-2-10(3-5-11)12-8-13(12)6-1-7-18-9-13/h2-5,12,18H,1,6-9H2/t12-,13?/m1/s1. The Hall–Kier alpha value is -1.03. The van der Waals surface area contributed by atoms with Crippen molar-refractivity contribution in [1.82, 2.24) is 5.32 Å². The van der Waals surface area contributed by atoms with Crippen molar-refractivity contribution < 1.29 is 13.2 Å². The summed E-state index contributed by atoms with van der Waals surface area (Å²) in [6.45, 7) is 2.08. The fourth-order valence-electron chi connectivity index (χ4n) is 3.19. The summed E-state index contributed by atoms with van der Waals surface area (Å²) in [4.78, 5) is 0. The number of nitrogens with one attached hydrogen (secondary N) is 1. The molecule has 0 amide bonds. The number of hydrogen-bond donors (Lipinski definition) is 1. The van der Waals surface area contributed by atoms with E-state index in [4.69, 9.17) is 0 Å². The predicted octanol–water partition coefficient (Wildman–Crippen LogP) is 3.56. The molecule has 1 aliphatic carbocycles. The molecule has 1 saturated heterocycles. The Bertz CT molecular complexity index is 429. The number of halogens is 3. The summed E-state index contributed by atoms with van der Waals surface area (Å²) in [7, 11) is 0. The molecule has 1 heterocycles. The monoisotopic (exact) mass is 255 g/mol. The van der Waals surface area contributed by atoms with Crippen molar-refractivity contribution in [2.75, 3.05) is 13.1 Å². The van der Waals surface area contributed by atoms with Crippen LogP contribution in [0.3, 0.4) is 0 Å². The van der Waals surface area contributed by atoms with Gasteiger partial charge in [0.1, 0.15) is 0 Å². The SMILES string of the molecule is FC(F)(F)c1ccc([C@H]2CC23CCCNC3)cc1. The van der Waals surface area contributed by atoms with E-state index < -0.39 is 11.7 Å². The second-order valence-electron chi connectivity index (χ2n) is 5.52. The molecule has 1 N–H and O–H groups in total. The first-order valence-electron chi connectivity index (χ1n) is 6.39. The molecule has 0 bridgehead atoms. The minimum Gasteiger partial charge on any atom is -0.316 e. The summed E-state index contributed by atoms with van der Waals surface area (Å²) < 4.78 is 37.4. The van der Waals surface area contributed by atoms with Gasteiger partial charge in [0.25, 0.3) is 0 Å². The summed E-state index contributed by atoms with van der Waals surface area (Å²) in [5.74, 6) is 0.451. The van der Waals surface area contributed by atoms with Crippen LogP contribution in [0.5, 0.6) is 0 Å². The van der Waals surface area contributed by atoms with Crippen LogP contribution in [0, 0.1) is 5.41 Å². The highest BCUT2D eigenvalue weighted by atomic mass is 19.4. The third-order valence-electron chi connectivity index (χ3n) is 4.34. The van der Waals surface area contributed by atoms with Gasteiger partial charge in [0.05, 0.1) is 5.56 Å². The highest BCUT2D eigenvalue weighted by molar-refractivity contribution is 5.34. The maximum atomic E-state index is 12.5. The van der Waals surface area contributed by atoms with E-state index in [1.807, 2.05) is 0 Å². The summed E-state index contributed by atoms with van der Waals surface area (Å²) in [5, 5.41) is 3.39. The highest BCUT2D eigenvalue weighted by Crippen LogP contribution is 2.62. The maximum absolute atomic E-state index is 12.5. The van der Waals surface area contributed by atoms with Crippen molar-refractivity contribution in [3.05, 3.63) is 35.4 Å². The topological polar surface area (TPSA) is 12.0 Å². The lowest BCUT2D eigenvalue weighted by Gasteiger charge is -2.23. The molecule has 1 nitrogen and oxygen atoms in total. The van der Waals surface area contributed by atoms with Gasteiger partial charge in [-0.25, -0.2) is 0 Å². The third-order valence-corrected chi connectivity index (χ3v) is 4.34. The molecule has 4 heteroatoms. The first kappa shape index (κ1) is 12.0. The van der Waals surface area contributed by atoms with Crippen molar-refractivity contribution in [2.24, 2.45) is 5.41 Å². The molecule has 0 radical (unpaired) electrons. The Kier molecular flexibility index (Phi) is 2.66. The molecule has 1 spiro atoms. The summed E-state index contributed by atoms with van der Waals surface area (Å²) in [5.41, 5.74) is 0.840. The highest BCUT2D eigenvalue weighted by Gasteiger charge is 2.54. The van der Waals surface area contributed by atoms with Gasteiger partial charge in [0, 0.05) is 6.54 Å². The average molecular weight is 255 g/mol. The Morgan fingerprint density at radius 1 is 1.17 bits per heavy atom. The van der Waals surface area contributed by atoms with E-state index in [0.29, 0.717) is 11.3 Å². The zero-order valence-electron chi connectivity index (χ0n) is 10.1. The van der Waals surface area contributed by atoms with E-state index in [1.54, 1.807) is 12.1 Å². The van der Waals surface area contributed by atoms with Crippen LogP contribution in [0.25, 0.3) is 0 Å². The largest absolute Gasteiger partial charge is 0.416 e. The van der Waals surface area contributed by atoms with Gasteiger partial charge in [-0.3, -0.25) is 0 Å². The van der Waals surface area contributed by atoms with E-state index in [9.17, 15) is 13.2 Å². The van der Waals surface area contributed by atoms with Crippen LogP contribution >= 0.6 is 0 Å².